The molecule has 1 aliphatic heterocycles. The van der Waals surface area contributed by atoms with Gasteiger partial charge >= 0.3 is 0 Å². The van der Waals surface area contributed by atoms with E-state index in [1.807, 2.05) is 23.1 Å². The second-order valence-corrected chi connectivity index (χ2v) is 6.60. The molecule has 0 spiro atoms. The molecule has 1 amide bonds. The summed E-state index contributed by atoms with van der Waals surface area (Å²) in [6.07, 6.45) is 1.64. The van der Waals surface area contributed by atoms with Gasteiger partial charge in [0.05, 0.1) is 6.04 Å². The van der Waals surface area contributed by atoms with Crippen molar-refractivity contribution in [3.63, 3.8) is 0 Å². The molecule has 0 bridgehead atoms. The third-order valence-corrected chi connectivity index (χ3v) is 4.36. The SMILES string of the molecule is Cn1ccc(C(=O)N2CC(C)(C)C2c2ccccc2)cc1=O. The zero-order valence-electron chi connectivity index (χ0n) is 13.1. The van der Waals surface area contributed by atoms with E-state index in [0.29, 0.717) is 12.1 Å². The largest absolute Gasteiger partial charge is 0.330 e. The molecule has 0 saturated carbocycles. The molecule has 1 aromatic carbocycles. The predicted molar refractivity (Wildman–Crippen MR) is 85.7 cm³/mol. The Hall–Kier alpha value is -2.36. The Morgan fingerprint density at radius 2 is 1.86 bits per heavy atom. The van der Waals surface area contributed by atoms with Crippen LogP contribution in [0.15, 0.2) is 53.5 Å². The van der Waals surface area contributed by atoms with Crippen molar-refractivity contribution in [3.8, 4) is 0 Å². The normalized spacial score (nSPS) is 19.6. The van der Waals surface area contributed by atoms with Crippen molar-refractivity contribution in [2.45, 2.75) is 19.9 Å². The first-order chi connectivity index (χ1) is 10.4. The van der Waals surface area contributed by atoms with Gasteiger partial charge in [0.1, 0.15) is 0 Å². The minimum atomic E-state index is -0.165. The average molecular weight is 296 g/mol. The predicted octanol–water partition coefficient (Wildman–Crippen LogP) is 2.61. The van der Waals surface area contributed by atoms with Crippen LogP contribution in [0.2, 0.25) is 0 Å². The number of amides is 1. The van der Waals surface area contributed by atoms with Crippen LogP contribution in [0.3, 0.4) is 0 Å². The van der Waals surface area contributed by atoms with E-state index in [4.69, 9.17) is 0 Å². The van der Waals surface area contributed by atoms with Gasteiger partial charge < -0.3 is 9.47 Å². The Kier molecular flexibility index (Phi) is 3.39. The van der Waals surface area contributed by atoms with Crippen LogP contribution in [0.1, 0.15) is 35.8 Å². The molecule has 0 radical (unpaired) electrons. The van der Waals surface area contributed by atoms with Crippen molar-refractivity contribution in [1.82, 2.24) is 9.47 Å². The highest BCUT2D eigenvalue weighted by Gasteiger charge is 2.48. The number of carbonyl (C=O) groups is 1. The Balaban J connectivity index is 1.92. The maximum Gasteiger partial charge on any atom is 0.254 e. The number of rotatable bonds is 2. The van der Waals surface area contributed by atoms with Gasteiger partial charge in [0.25, 0.3) is 11.5 Å². The highest BCUT2D eigenvalue weighted by molar-refractivity contribution is 5.95. The van der Waals surface area contributed by atoms with Crippen molar-refractivity contribution in [3.05, 3.63) is 70.1 Å². The summed E-state index contributed by atoms with van der Waals surface area (Å²) in [5.41, 5.74) is 1.47. The lowest BCUT2D eigenvalue weighted by atomic mass is 9.71. The number of hydrogen-bond donors (Lipinski definition) is 0. The summed E-state index contributed by atoms with van der Waals surface area (Å²) >= 11 is 0. The zero-order valence-corrected chi connectivity index (χ0v) is 13.1. The minimum Gasteiger partial charge on any atom is -0.330 e. The molecule has 0 aliphatic carbocycles. The number of hydrogen-bond acceptors (Lipinski definition) is 2. The third kappa shape index (κ3) is 2.34. The number of pyridine rings is 1. The molecule has 4 heteroatoms. The summed E-state index contributed by atoms with van der Waals surface area (Å²) < 4.78 is 1.46. The molecule has 1 unspecified atom stereocenters. The Morgan fingerprint density at radius 3 is 2.45 bits per heavy atom. The van der Waals surface area contributed by atoms with Crippen LogP contribution in [0, 0.1) is 5.41 Å². The maximum absolute atomic E-state index is 12.7. The summed E-state index contributed by atoms with van der Waals surface area (Å²) in [7, 11) is 1.68. The van der Waals surface area contributed by atoms with Crippen LogP contribution < -0.4 is 5.56 Å². The van der Waals surface area contributed by atoms with Gasteiger partial charge in [-0.2, -0.15) is 0 Å². The molecule has 2 heterocycles. The van der Waals surface area contributed by atoms with Crippen molar-refractivity contribution < 1.29 is 4.79 Å². The maximum atomic E-state index is 12.7. The van der Waals surface area contributed by atoms with Crippen molar-refractivity contribution >= 4 is 5.91 Å². The summed E-state index contributed by atoms with van der Waals surface area (Å²) in [6, 6.07) is 13.2. The molecule has 1 atom stereocenters. The van der Waals surface area contributed by atoms with Gasteiger partial charge in [-0.05, 0) is 11.6 Å². The molecule has 114 valence electrons. The van der Waals surface area contributed by atoms with Gasteiger partial charge in [-0.25, -0.2) is 0 Å². The highest BCUT2D eigenvalue weighted by atomic mass is 16.2. The number of benzene rings is 1. The minimum absolute atomic E-state index is 0.0384. The topological polar surface area (TPSA) is 42.3 Å². The van der Waals surface area contributed by atoms with E-state index in [1.54, 1.807) is 19.3 Å². The number of likely N-dealkylation sites (tertiary alicyclic amines) is 1. The van der Waals surface area contributed by atoms with E-state index >= 15 is 0 Å². The van der Waals surface area contributed by atoms with Crippen LogP contribution in [0.4, 0.5) is 0 Å². The monoisotopic (exact) mass is 296 g/mol. The summed E-state index contributed by atoms with van der Waals surface area (Å²) in [5.74, 6) is -0.0779. The summed E-state index contributed by atoms with van der Waals surface area (Å²) in [4.78, 5) is 26.3. The molecular formula is C18H20N2O2. The van der Waals surface area contributed by atoms with E-state index < -0.39 is 0 Å². The Bertz CT molecular complexity index is 762. The summed E-state index contributed by atoms with van der Waals surface area (Å²) in [6.45, 7) is 5.03. The number of nitrogens with zero attached hydrogens (tertiary/aromatic N) is 2. The fourth-order valence-electron chi connectivity index (χ4n) is 3.23. The molecule has 22 heavy (non-hydrogen) atoms. The highest BCUT2D eigenvalue weighted by Crippen LogP contribution is 2.48. The zero-order chi connectivity index (χ0) is 15.9. The first kappa shape index (κ1) is 14.6. The van der Waals surface area contributed by atoms with Gasteiger partial charge in [-0.15, -0.1) is 0 Å². The molecule has 4 nitrogen and oxygen atoms in total. The fourth-order valence-corrected chi connectivity index (χ4v) is 3.23. The second kappa shape index (κ2) is 5.13. The van der Waals surface area contributed by atoms with Crippen LogP contribution in [-0.2, 0) is 7.05 Å². The standard InChI is InChI=1S/C18H20N2O2/c1-18(2)12-20(16(18)13-7-5-4-6-8-13)17(22)14-9-10-19(3)15(21)11-14/h4-11,16H,12H2,1-3H3. The lowest BCUT2D eigenvalue weighted by Gasteiger charge is -2.54. The number of aromatic nitrogens is 1. The molecular weight excluding hydrogens is 276 g/mol. The van der Waals surface area contributed by atoms with Gasteiger partial charge in [0.2, 0.25) is 0 Å². The van der Waals surface area contributed by atoms with E-state index in [0.717, 1.165) is 5.56 Å². The quantitative estimate of drug-likeness (QED) is 0.855. The average Bonchev–Trinajstić information content (AvgIpc) is 2.48. The van der Waals surface area contributed by atoms with E-state index in [-0.39, 0.29) is 22.9 Å². The molecule has 1 aliphatic rings. The van der Waals surface area contributed by atoms with Crippen molar-refractivity contribution in [1.29, 1.82) is 0 Å². The van der Waals surface area contributed by atoms with Crippen LogP contribution in [0.5, 0.6) is 0 Å². The molecule has 1 fully saturated rings. The molecule has 3 rings (SSSR count). The fraction of sp³-hybridized carbons (Fsp3) is 0.333. The van der Waals surface area contributed by atoms with Gasteiger partial charge in [0, 0.05) is 36.8 Å². The van der Waals surface area contributed by atoms with E-state index in [1.165, 1.54) is 10.6 Å². The third-order valence-electron chi connectivity index (χ3n) is 4.36. The number of aryl methyl sites for hydroxylation is 1. The second-order valence-electron chi connectivity index (χ2n) is 6.60. The first-order valence-electron chi connectivity index (χ1n) is 7.43. The number of carbonyl (C=O) groups excluding carboxylic acids is 1. The molecule has 1 aromatic heterocycles. The van der Waals surface area contributed by atoms with Crippen LogP contribution >= 0.6 is 0 Å². The smallest absolute Gasteiger partial charge is 0.254 e. The molecule has 2 aromatic rings. The van der Waals surface area contributed by atoms with Gasteiger partial charge in [0.15, 0.2) is 0 Å². The van der Waals surface area contributed by atoms with Crippen molar-refractivity contribution in [2.75, 3.05) is 6.54 Å². The van der Waals surface area contributed by atoms with E-state index in [2.05, 4.69) is 26.0 Å². The molecule has 1 saturated heterocycles. The van der Waals surface area contributed by atoms with Crippen LogP contribution in [-0.4, -0.2) is 21.9 Å². The first-order valence-corrected chi connectivity index (χ1v) is 7.43. The lowest BCUT2D eigenvalue weighted by molar-refractivity contribution is -0.0322. The molecule has 0 N–H and O–H groups in total. The Morgan fingerprint density at radius 1 is 1.18 bits per heavy atom. The Labute approximate surface area is 130 Å². The summed E-state index contributed by atoms with van der Waals surface area (Å²) in [5, 5.41) is 0. The van der Waals surface area contributed by atoms with Gasteiger partial charge in [-0.3, -0.25) is 9.59 Å². The van der Waals surface area contributed by atoms with Gasteiger partial charge in [-0.1, -0.05) is 44.2 Å². The van der Waals surface area contributed by atoms with Crippen LogP contribution in [0.25, 0.3) is 0 Å². The van der Waals surface area contributed by atoms with E-state index in [9.17, 15) is 9.59 Å². The van der Waals surface area contributed by atoms with Crippen molar-refractivity contribution in [2.24, 2.45) is 12.5 Å². The lowest BCUT2D eigenvalue weighted by Crippen LogP contribution is -2.57.